The highest BCUT2D eigenvalue weighted by atomic mass is 19.1. The number of nitrogens with zero attached hydrogens (tertiary/aromatic N) is 2. The molecule has 0 saturated heterocycles. The van der Waals surface area contributed by atoms with E-state index in [9.17, 15) is 9.18 Å². The molecule has 0 aliphatic rings. The Bertz CT molecular complexity index is 656. The van der Waals surface area contributed by atoms with E-state index in [2.05, 4.69) is 15.5 Å². The molecule has 20 heavy (non-hydrogen) atoms. The summed E-state index contributed by atoms with van der Waals surface area (Å²) in [6, 6.07) is 8.94. The third kappa shape index (κ3) is 2.89. The second-order valence-corrected chi connectivity index (χ2v) is 3.85. The fraction of sp³-hybridized carbons (Fsp3) is 0. The van der Waals surface area contributed by atoms with Crippen molar-refractivity contribution in [3.05, 3.63) is 59.7 Å². The highest BCUT2D eigenvalue weighted by Crippen LogP contribution is 2.15. The lowest BCUT2D eigenvalue weighted by molar-refractivity contribution is 0.102. The average Bonchev–Trinajstić information content (AvgIpc) is 2.47. The van der Waals surface area contributed by atoms with Gasteiger partial charge in [0.2, 0.25) is 0 Å². The van der Waals surface area contributed by atoms with Gasteiger partial charge in [-0.25, -0.2) is 9.37 Å². The van der Waals surface area contributed by atoms with Crippen LogP contribution in [0, 0.1) is 5.82 Å². The van der Waals surface area contributed by atoms with Crippen LogP contribution in [-0.4, -0.2) is 21.9 Å². The molecule has 7 heteroatoms. The number of carbonyl (C=O) groups is 1. The smallest absolute Gasteiger partial charge is 0.274 e. The summed E-state index contributed by atoms with van der Waals surface area (Å²) >= 11 is 0. The van der Waals surface area contributed by atoms with Gasteiger partial charge in [-0.15, -0.1) is 0 Å². The highest BCUT2D eigenvalue weighted by molar-refractivity contribution is 6.09. The summed E-state index contributed by atoms with van der Waals surface area (Å²) < 4.78 is 12.7. The molecule has 102 valence electrons. The highest BCUT2D eigenvalue weighted by Gasteiger charge is 2.12. The number of hydrogen-bond acceptors (Lipinski definition) is 4. The normalized spacial score (nSPS) is 11.2. The van der Waals surface area contributed by atoms with Crippen LogP contribution >= 0.6 is 0 Å². The lowest BCUT2D eigenvalue weighted by atomic mass is 10.1. The van der Waals surface area contributed by atoms with Crippen LogP contribution in [-0.2, 0) is 0 Å². The Kier molecular flexibility index (Phi) is 3.90. The van der Waals surface area contributed by atoms with E-state index in [0.29, 0.717) is 11.3 Å². The number of pyridine rings is 1. The van der Waals surface area contributed by atoms with E-state index < -0.39 is 11.7 Å². The zero-order valence-corrected chi connectivity index (χ0v) is 10.2. The molecule has 1 amide bonds. The molecule has 2 aromatic rings. The monoisotopic (exact) mass is 274 g/mol. The largest absolute Gasteiger partial charge is 0.409 e. The summed E-state index contributed by atoms with van der Waals surface area (Å²) in [5, 5.41) is 14.1. The van der Waals surface area contributed by atoms with Gasteiger partial charge in [-0.3, -0.25) is 4.79 Å². The Morgan fingerprint density at radius 1 is 1.30 bits per heavy atom. The van der Waals surface area contributed by atoms with Gasteiger partial charge >= 0.3 is 0 Å². The molecule has 0 saturated carbocycles. The number of anilines is 1. The minimum absolute atomic E-state index is 0.0562. The van der Waals surface area contributed by atoms with Crippen molar-refractivity contribution < 1.29 is 14.4 Å². The fourth-order valence-corrected chi connectivity index (χ4v) is 1.57. The Balaban J connectivity index is 2.26. The van der Waals surface area contributed by atoms with E-state index in [0.717, 1.165) is 12.3 Å². The number of halogens is 1. The number of amidine groups is 1. The molecule has 0 aliphatic heterocycles. The zero-order chi connectivity index (χ0) is 14.5. The molecule has 0 radical (unpaired) electrons. The molecule has 1 aromatic carbocycles. The van der Waals surface area contributed by atoms with Crippen LogP contribution in [0.3, 0.4) is 0 Å². The maximum absolute atomic E-state index is 12.7. The Morgan fingerprint density at radius 2 is 2.05 bits per heavy atom. The lowest BCUT2D eigenvalue weighted by Crippen LogP contribution is -2.19. The van der Waals surface area contributed by atoms with Crippen molar-refractivity contribution in [1.82, 2.24) is 4.98 Å². The first-order chi connectivity index (χ1) is 9.61. The Hall–Kier alpha value is -2.96. The number of oxime groups is 1. The van der Waals surface area contributed by atoms with Crippen LogP contribution in [0.15, 0.2) is 47.8 Å². The molecule has 4 N–H and O–H groups in total. The van der Waals surface area contributed by atoms with Crippen LogP contribution < -0.4 is 11.1 Å². The van der Waals surface area contributed by atoms with Crippen molar-refractivity contribution in [2.45, 2.75) is 0 Å². The van der Waals surface area contributed by atoms with Gasteiger partial charge in [-0.1, -0.05) is 17.3 Å². The van der Waals surface area contributed by atoms with Gasteiger partial charge in [0.05, 0.1) is 11.9 Å². The van der Waals surface area contributed by atoms with Gasteiger partial charge in [0, 0.05) is 5.56 Å². The number of nitrogens with one attached hydrogen (secondary N) is 1. The first-order valence-electron chi connectivity index (χ1n) is 5.61. The molecule has 0 fully saturated rings. The molecule has 0 bridgehead atoms. The van der Waals surface area contributed by atoms with Crippen molar-refractivity contribution in [3.8, 4) is 0 Å². The summed E-state index contributed by atoms with van der Waals surface area (Å²) in [5.41, 5.74) is 6.30. The number of carbonyl (C=O) groups excluding carboxylic acids is 1. The number of amides is 1. The first-order valence-corrected chi connectivity index (χ1v) is 5.61. The maximum Gasteiger partial charge on any atom is 0.274 e. The predicted octanol–water partition coefficient (Wildman–Crippen LogP) is 1.57. The molecular weight excluding hydrogens is 263 g/mol. The number of hydrogen-bond donors (Lipinski definition) is 3. The molecule has 0 atom stereocenters. The minimum Gasteiger partial charge on any atom is -0.409 e. The van der Waals surface area contributed by atoms with Crippen LogP contribution in [0.4, 0.5) is 10.1 Å². The molecule has 2 rings (SSSR count). The van der Waals surface area contributed by atoms with Crippen LogP contribution in [0.25, 0.3) is 0 Å². The third-order valence-electron chi connectivity index (χ3n) is 2.52. The van der Waals surface area contributed by atoms with Gasteiger partial charge < -0.3 is 16.3 Å². The Labute approximate surface area is 113 Å². The van der Waals surface area contributed by atoms with E-state index in [1.807, 2.05) is 0 Å². The van der Waals surface area contributed by atoms with E-state index in [1.54, 1.807) is 24.3 Å². The molecule has 1 aromatic heterocycles. The quantitative estimate of drug-likeness (QED) is 0.342. The summed E-state index contributed by atoms with van der Waals surface area (Å²) in [7, 11) is 0. The molecule has 6 nitrogen and oxygen atoms in total. The zero-order valence-electron chi connectivity index (χ0n) is 10.2. The summed E-state index contributed by atoms with van der Waals surface area (Å²) in [6.45, 7) is 0. The maximum atomic E-state index is 12.7. The van der Waals surface area contributed by atoms with Gasteiger partial charge in [-0.05, 0) is 24.3 Å². The van der Waals surface area contributed by atoms with Gasteiger partial charge in [-0.2, -0.15) is 0 Å². The third-order valence-corrected chi connectivity index (χ3v) is 2.52. The fourth-order valence-electron chi connectivity index (χ4n) is 1.57. The number of rotatable bonds is 3. The second kappa shape index (κ2) is 5.79. The van der Waals surface area contributed by atoms with Gasteiger partial charge in [0.1, 0.15) is 11.5 Å². The van der Waals surface area contributed by atoms with Gasteiger partial charge in [0.25, 0.3) is 5.91 Å². The average molecular weight is 274 g/mol. The Morgan fingerprint density at radius 3 is 2.70 bits per heavy atom. The van der Waals surface area contributed by atoms with E-state index in [-0.39, 0.29) is 11.5 Å². The summed E-state index contributed by atoms with van der Waals surface area (Å²) in [4.78, 5) is 15.6. The number of para-hydroxylation sites is 1. The number of nitrogens with two attached hydrogens (primary N) is 1. The summed E-state index contributed by atoms with van der Waals surface area (Å²) in [6.07, 6.45) is 0.949. The minimum atomic E-state index is -0.529. The van der Waals surface area contributed by atoms with Crippen molar-refractivity contribution >= 4 is 17.4 Å². The standard InChI is InChI=1S/C13H11FN4O2/c14-8-5-6-11(16-7-8)13(19)17-10-4-2-1-3-9(10)12(15)18-20/h1-7,20H,(H2,15,18)(H,17,19). The summed E-state index contributed by atoms with van der Waals surface area (Å²) in [5.74, 6) is -1.19. The molecule has 0 aliphatic carbocycles. The van der Waals surface area contributed by atoms with Crippen molar-refractivity contribution in [1.29, 1.82) is 0 Å². The molecule has 0 unspecified atom stereocenters. The van der Waals surface area contributed by atoms with Crippen molar-refractivity contribution in [2.24, 2.45) is 10.9 Å². The SMILES string of the molecule is N/C(=N/O)c1ccccc1NC(=O)c1ccc(F)cn1. The molecule has 1 heterocycles. The van der Waals surface area contributed by atoms with Crippen LogP contribution in [0.2, 0.25) is 0 Å². The van der Waals surface area contributed by atoms with Crippen molar-refractivity contribution in [2.75, 3.05) is 5.32 Å². The predicted molar refractivity (Wildman–Crippen MR) is 71.1 cm³/mol. The first kappa shape index (κ1) is 13.5. The lowest BCUT2D eigenvalue weighted by Gasteiger charge is -2.09. The number of aromatic nitrogens is 1. The number of benzene rings is 1. The van der Waals surface area contributed by atoms with E-state index in [1.165, 1.54) is 6.07 Å². The van der Waals surface area contributed by atoms with E-state index in [4.69, 9.17) is 10.9 Å². The van der Waals surface area contributed by atoms with Crippen LogP contribution in [0.1, 0.15) is 16.1 Å². The van der Waals surface area contributed by atoms with Crippen molar-refractivity contribution in [3.63, 3.8) is 0 Å². The molecular formula is C13H11FN4O2. The van der Waals surface area contributed by atoms with E-state index >= 15 is 0 Å². The topological polar surface area (TPSA) is 101 Å². The molecule has 0 spiro atoms. The van der Waals surface area contributed by atoms with Crippen LogP contribution in [0.5, 0.6) is 0 Å². The van der Waals surface area contributed by atoms with Gasteiger partial charge in [0.15, 0.2) is 5.84 Å². The second-order valence-electron chi connectivity index (χ2n) is 3.85.